The number of carbonyl (C=O) groups excluding carboxylic acids is 1. The van der Waals surface area contributed by atoms with E-state index in [0.717, 1.165) is 36.5 Å². The molecule has 1 aliphatic rings. The Bertz CT molecular complexity index is 1080. The van der Waals surface area contributed by atoms with Gasteiger partial charge in [-0.1, -0.05) is 22.8 Å². The molecule has 2 aromatic heterocycles. The van der Waals surface area contributed by atoms with Crippen LogP contribution < -0.4 is 0 Å². The number of aromatic nitrogens is 3. The minimum absolute atomic E-state index is 0.00790. The maximum Gasteiger partial charge on any atom is 0.246 e. The molecule has 1 aromatic carbocycles. The SMILES string of the molecule is Cc1noc(Cc2cc(Cl)ccc2C=CC(=O)N2CCN(Cc3coc(C)n3)CC2)n1. The van der Waals surface area contributed by atoms with E-state index in [1.165, 1.54) is 0 Å². The van der Waals surface area contributed by atoms with E-state index < -0.39 is 0 Å². The maximum atomic E-state index is 12.7. The molecule has 0 N–H and O–H groups in total. The normalized spacial score (nSPS) is 15.1. The molecule has 0 saturated carbocycles. The number of oxazole rings is 1. The Labute approximate surface area is 185 Å². The average Bonchev–Trinajstić information content (AvgIpc) is 3.35. The largest absolute Gasteiger partial charge is 0.449 e. The molecule has 0 unspecified atom stereocenters. The minimum atomic E-state index is -0.00790. The third kappa shape index (κ3) is 5.59. The highest BCUT2D eigenvalue weighted by atomic mass is 35.5. The van der Waals surface area contributed by atoms with E-state index >= 15 is 0 Å². The zero-order valence-electron chi connectivity index (χ0n) is 17.5. The summed E-state index contributed by atoms with van der Waals surface area (Å²) >= 11 is 6.16. The second kappa shape index (κ2) is 9.45. The van der Waals surface area contributed by atoms with Crippen LogP contribution in [0, 0.1) is 13.8 Å². The van der Waals surface area contributed by atoms with Gasteiger partial charge in [0, 0.05) is 50.7 Å². The molecule has 0 bridgehead atoms. The van der Waals surface area contributed by atoms with Crippen LogP contribution in [0.2, 0.25) is 5.02 Å². The second-order valence-corrected chi connectivity index (χ2v) is 7.98. The van der Waals surface area contributed by atoms with Crippen LogP contribution >= 0.6 is 11.6 Å². The number of amides is 1. The van der Waals surface area contributed by atoms with Gasteiger partial charge in [0.2, 0.25) is 11.8 Å². The van der Waals surface area contributed by atoms with Crippen LogP contribution in [0.3, 0.4) is 0 Å². The summed E-state index contributed by atoms with van der Waals surface area (Å²) in [5.41, 5.74) is 2.74. The van der Waals surface area contributed by atoms with Gasteiger partial charge in [-0.2, -0.15) is 4.98 Å². The van der Waals surface area contributed by atoms with Gasteiger partial charge in [-0.3, -0.25) is 9.69 Å². The van der Waals surface area contributed by atoms with Crippen molar-refractivity contribution in [2.75, 3.05) is 26.2 Å². The smallest absolute Gasteiger partial charge is 0.246 e. The van der Waals surface area contributed by atoms with Crippen molar-refractivity contribution in [3.8, 4) is 0 Å². The predicted octanol–water partition coefficient (Wildman–Crippen LogP) is 3.28. The van der Waals surface area contributed by atoms with Crippen LogP contribution in [-0.4, -0.2) is 57.0 Å². The first-order valence-corrected chi connectivity index (χ1v) is 10.5. The van der Waals surface area contributed by atoms with E-state index in [-0.39, 0.29) is 5.91 Å². The van der Waals surface area contributed by atoms with Crippen LogP contribution in [-0.2, 0) is 17.8 Å². The number of nitrogens with zero attached hydrogens (tertiary/aromatic N) is 5. The summed E-state index contributed by atoms with van der Waals surface area (Å²) < 4.78 is 10.5. The van der Waals surface area contributed by atoms with Gasteiger partial charge in [-0.05, 0) is 36.3 Å². The number of aryl methyl sites for hydroxylation is 2. The Morgan fingerprint density at radius 1 is 1.19 bits per heavy atom. The van der Waals surface area contributed by atoms with Crippen LogP contribution in [0.15, 0.2) is 39.5 Å². The summed E-state index contributed by atoms with van der Waals surface area (Å²) in [4.78, 5) is 25.4. The first-order chi connectivity index (χ1) is 15.0. The lowest BCUT2D eigenvalue weighted by atomic mass is 10.0. The Hall–Kier alpha value is -2.97. The van der Waals surface area contributed by atoms with Gasteiger partial charge in [0.15, 0.2) is 11.7 Å². The van der Waals surface area contributed by atoms with Gasteiger partial charge in [0.1, 0.15) is 6.26 Å². The topological polar surface area (TPSA) is 88.5 Å². The van der Waals surface area contributed by atoms with Gasteiger partial charge in [0.25, 0.3) is 0 Å². The van der Waals surface area contributed by atoms with Crippen LogP contribution in [0.1, 0.15) is 34.4 Å². The highest BCUT2D eigenvalue weighted by Crippen LogP contribution is 2.20. The minimum Gasteiger partial charge on any atom is -0.449 e. The molecule has 162 valence electrons. The van der Waals surface area contributed by atoms with Crippen molar-refractivity contribution in [3.63, 3.8) is 0 Å². The third-order valence-corrected chi connectivity index (χ3v) is 5.39. The number of hydrogen-bond donors (Lipinski definition) is 0. The van der Waals surface area contributed by atoms with Crippen LogP contribution in [0.25, 0.3) is 6.08 Å². The lowest BCUT2D eigenvalue weighted by Crippen LogP contribution is -2.47. The molecule has 0 spiro atoms. The Morgan fingerprint density at radius 2 is 2.00 bits per heavy atom. The number of halogens is 1. The summed E-state index contributed by atoms with van der Waals surface area (Å²) in [5.74, 6) is 1.76. The molecule has 1 saturated heterocycles. The average molecular weight is 442 g/mol. The van der Waals surface area contributed by atoms with Gasteiger partial charge >= 0.3 is 0 Å². The summed E-state index contributed by atoms with van der Waals surface area (Å²) in [6.45, 7) is 7.29. The fourth-order valence-electron chi connectivity index (χ4n) is 3.57. The molecule has 1 fully saturated rings. The number of benzene rings is 1. The molecule has 3 aromatic rings. The molecular formula is C22H24ClN5O3. The van der Waals surface area contributed by atoms with Crippen LogP contribution in [0.5, 0.6) is 0 Å². The Morgan fingerprint density at radius 3 is 2.68 bits per heavy atom. The molecule has 9 heteroatoms. The molecular weight excluding hydrogens is 418 g/mol. The molecule has 4 rings (SSSR count). The third-order valence-electron chi connectivity index (χ3n) is 5.16. The first kappa shape index (κ1) is 21.3. The lowest BCUT2D eigenvalue weighted by molar-refractivity contribution is -0.127. The van der Waals surface area contributed by atoms with Gasteiger partial charge in [-0.25, -0.2) is 4.98 Å². The molecule has 0 aliphatic carbocycles. The summed E-state index contributed by atoms with van der Waals surface area (Å²) in [5, 5.41) is 4.44. The van der Waals surface area contributed by atoms with E-state index in [9.17, 15) is 4.79 Å². The second-order valence-electron chi connectivity index (χ2n) is 7.55. The van der Waals surface area contributed by atoms with Crippen molar-refractivity contribution in [2.24, 2.45) is 0 Å². The highest BCUT2D eigenvalue weighted by molar-refractivity contribution is 6.30. The zero-order valence-corrected chi connectivity index (χ0v) is 18.3. The van der Waals surface area contributed by atoms with Crippen molar-refractivity contribution in [2.45, 2.75) is 26.8 Å². The molecule has 1 aliphatic heterocycles. The molecule has 8 nitrogen and oxygen atoms in total. The zero-order chi connectivity index (χ0) is 21.8. The van der Waals surface area contributed by atoms with Crippen molar-refractivity contribution in [1.82, 2.24) is 24.9 Å². The van der Waals surface area contributed by atoms with Gasteiger partial charge < -0.3 is 13.8 Å². The number of piperazine rings is 1. The quantitative estimate of drug-likeness (QED) is 0.542. The summed E-state index contributed by atoms with van der Waals surface area (Å²) in [6.07, 6.45) is 5.58. The molecule has 0 radical (unpaired) electrons. The number of hydrogen-bond acceptors (Lipinski definition) is 7. The van der Waals surface area contributed by atoms with E-state index in [1.807, 2.05) is 30.0 Å². The van der Waals surface area contributed by atoms with E-state index in [0.29, 0.717) is 42.1 Å². The maximum absolute atomic E-state index is 12.7. The van der Waals surface area contributed by atoms with Gasteiger partial charge in [0.05, 0.1) is 12.1 Å². The first-order valence-electron chi connectivity index (χ1n) is 10.1. The predicted molar refractivity (Wildman–Crippen MR) is 115 cm³/mol. The Balaban J connectivity index is 1.36. The molecule has 0 atom stereocenters. The van der Waals surface area contributed by atoms with Crippen LogP contribution in [0.4, 0.5) is 0 Å². The number of carbonyl (C=O) groups is 1. The molecule has 1 amide bonds. The lowest BCUT2D eigenvalue weighted by Gasteiger charge is -2.33. The van der Waals surface area contributed by atoms with Crippen molar-refractivity contribution in [1.29, 1.82) is 0 Å². The molecule has 3 heterocycles. The standard InChI is InChI=1S/C22H24ClN5O3/c1-15-24-21(31-26-15)12-18-11-19(23)5-3-17(18)4-6-22(29)28-9-7-27(8-10-28)13-20-14-30-16(2)25-20/h3-6,11,14H,7-10,12-13H2,1-2H3. The van der Waals surface area contributed by atoms with Crippen molar-refractivity contribution in [3.05, 3.63) is 70.0 Å². The Kier molecular flexibility index (Phi) is 6.48. The van der Waals surface area contributed by atoms with E-state index in [4.69, 9.17) is 20.5 Å². The summed E-state index contributed by atoms with van der Waals surface area (Å²) in [7, 11) is 0. The summed E-state index contributed by atoms with van der Waals surface area (Å²) in [6, 6.07) is 5.55. The fraction of sp³-hybridized carbons (Fsp3) is 0.364. The van der Waals surface area contributed by atoms with Crippen molar-refractivity contribution < 1.29 is 13.7 Å². The molecule has 31 heavy (non-hydrogen) atoms. The monoisotopic (exact) mass is 441 g/mol. The number of rotatable bonds is 6. The fourth-order valence-corrected chi connectivity index (χ4v) is 3.76. The van der Waals surface area contributed by atoms with Gasteiger partial charge in [-0.15, -0.1) is 0 Å². The van der Waals surface area contributed by atoms with E-state index in [1.54, 1.807) is 25.3 Å². The highest BCUT2D eigenvalue weighted by Gasteiger charge is 2.20. The van der Waals surface area contributed by atoms with E-state index in [2.05, 4.69) is 20.0 Å². The van der Waals surface area contributed by atoms with Crippen molar-refractivity contribution >= 4 is 23.6 Å².